The van der Waals surface area contributed by atoms with Gasteiger partial charge in [-0.3, -0.25) is 9.89 Å². The molecular formula is C13H10F2N6OS. The van der Waals surface area contributed by atoms with Crippen molar-refractivity contribution in [3.8, 4) is 10.8 Å². The van der Waals surface area contributed by atoms with E-state index in [0.29, 0.717) is 16.5 Å². The normalized spacial score (nSPS) is 11.0. The largest absolute Gasteiger partial charge is 0.317 e. The minimum atomic E-state index is -2.79. The first-order chi connectivity index (χ1) is 11.1. The zero-order chi connectivity index (χ0) is 16.4. The summed E-state index contributed by atoms with van der Waals surface area (Å²) in [6, 6.07) is 1.66. The van der Waals surface area contributed by atoms with E-state index in [1.165, 1.54) is 16.7 Å². The molecule has 3 rings (SSSR count). The number of aromatic amines is 1. The summed E-state index contributed by atoms with van der Waals surface area (Å²) in [4.78, 5) is 24.4. The molecule has 0 fully saturated rings. The molecule has 3 aromatic heterocycles. The maximum absolute atomic E-state index is 12.9. The molecule has 3 heterocycles. The predicted octanol–water partition coefficient (Wildman–Crippen LogP) is 2.82. The van der Waals surface area contributed by atoms with E-state index in [9.17, 15) is 13.6 Å². The summed E-state index contributed by atoms with van der Waals surface area (Å²) in [6.45, 7) is 1.54. The molecule has 0 saturated carbocycles. The molecule has 0 saturated heterocycles. The molecule has 0 spiro atoms. The van der Waals surface area contributed by atoms with Gasteiger partial charge in [-0.15, -0.1) is 11.3 Å². The summed E-state index contributed by atoms with van der Waals surface area (Å²) in [5.74, 6) is -0.209. The Morgan fingerprint density at radius 2 is 2.09 bits per heavy atom. The van der Waals surface area contributed by atoms with Crippen molar-refractivity contribution < 1.29 is 13.6 Å². The second-order valence-corrected chi connectivity index (χ2v) is 5.33. The molecule has 3 aromatic rings. The smallest absolute Gasteiger partial charge is 0.284 e. The monoisotopic (exact) mass is 336 g/mol. The molecule has 23 heavy (non-hydrogen) atoms. The number of alkyl halides is 2. The highest BCUT2D eigenvalue weighted by molar-refractivity contribution is 7.13. The maximum Gasteiger partial charge on any atom is 0.284 e. The molecule has 0 unspecified atom stereocenters. The highest BCUT2D eigenvalue weighted by Crippen LogP contribution is 2.28. The summed E-state index contributed by atoms with van der Waals surface area (Å²) in [5.41, 5.74) is -0.0954. The highest BCUT2D eigenvalue weighted by atomic mass is 32.1. The van der Waals surface area contributed by atoms with Crippen LogP contribution >= 0.6 is 11.3 Å². The number of nitrogens with zero attached hydrogens (tertiary/aromatic N) is 4. The van der Waals surface area contributed by atoms with Gasteiger partial charge in [-0.05, 0) is 13.0 Å². The van der Waals surface area contributed by atoms with E-state index in [-0.39, 0.29) is 11.4 Å². The molecular weight excluding hydrogens is 326 g/mol. The standard InChI is InChI=1S/C13H10F2N6OS/c1-6-8(9(10(14)15)21-20-6)19-12(22)7-5-23-13(18-7)11-16-3-2-4-17-11/h2-5,10H,1H3,(H,19,22)(H,20,21). The number of aryl methyl sites for hydroxylation is 1. The third kappa shape index (κ3) is 3.06. The molecule has 0 bridgehead atoms. The van der Waals surface area contributed by atoms with Gasteiger partial charge in [0.15, 0.2) is 16.5 Å². The third-order valence-corrected chi connectivity index (χ3v) is 3.75. The van der Waals surface area contributed by atoms with Gasteiger partial charge in [0.1, 0.15) is 5.69 Å². The zero-order valence-corrected chi connectivity index (χ0v) is 12.6. The number of aromatic nitrogens is 5. The van der Waals surface area contributed by atoms with Crippen molar-refractivity contribution in [1.29, 1.82) is 0 Å². The van der Waals surface area contributed by atoms with E-state index >= 15 is 0 Å². The fourth-order valence-electron chi connectivity index (χ4n) is 1.83. The van der Waals surface area contributed by atoms with Crippen LogP contribution in [0.2, 0.25) is 0 Å². The molecule has 0 aliphatic heterocycles. The van der Waals surface area contributed by atoms with Crippen molar-refractivity contribution >= 4 is 22.9 Å². The highest BCUT2D eigenvalue weighted by Gasteiger charge is 2.22. The van der Waals surface area contributed by atoms with Crippen LogP contribution in [0.25, 0.3) is 10.8 Å². The molecule has 7 nitrogen and oxygen atoms in total. The van der Waals surface area contributed by atoms with E-state index < -0.39 is 18.0 Å². The van der Waals surface area contributed by atoms with Crippen molar-refractivity contribution in [1.82, 2.24) is 25.1 Å². The molecule has 0 atom stereocenters. The van der Waals surface area contributed by atoms with Crippen molar-refractivity contribution in [2.24, 2.45) is 0 Å². The Morgan fingerprint density at radius 3 is 2.78 bits per heavy atom. The van der Waals surface area contributed by atoms with Crippen molar-refractivity contribution in [2.75, 3.05) is 5.32 Å². The zero-order valence-electron chi connectivity index (χ0n) is 11.7. The number of nitrogens with one attached hydrogen (secondary N) is 2. The third-order valence-electron chi connectivity index (χ3n) is 2.91. The maximum atomic E-state index is 12.9. The molecule has 10 heteroatoms. The van der Waals surface area contributed by atoms with Crippen LogP contribution < -0.4 is 5.32 Å². The molecule has 118 valence electrons. The quantitative estimate of drug-likeness (QED) is 0.764. The number of halogens is 2. The van der Waals surface area contributed by atoms with E-state index in [1.807, 2.05) is 0 Å². The van der Waals surface area contributed by atoms with Crippen LogP contribution in [0.1, 0.15) is 28.3 Å². The van der Waals surface area contributed by atoms with Crippen LogP contribution in [0, 0.1) is 6.92 Å². The van der Waals surface area contributed by atoms with Gasteiger partial charge in [-0.2, -0.15) is 5.10 Å². The Kier molecular flexibility index (Phi) is 4.06. The molecule has 1 amide bonds. The summed E-state index contributed by atoms with van der Waals surface area (Å²) in [7, 11) is 0. The van der Waals surface area contributed by atoms with E-state index in [1.54, 1.807) is 25.4 Å². The van der Waals surface area contributed by atoms with Gasteiger partial charge in [0, 0.05) is 17.8 Å². The van der Waals surface area contributed by atoms with Gasteiger partial charge < -0.3 is 5.32 Å². The van der Waals surface area contributed by atoms with Gasteiger partial charge >= 0.3 is 0 Å². The van der Waals surface area contributed by atoms with Gasteiger partial charge in [0.05, 0.1) is 11.4 Å². The Morgan fingerprint density at radius 1 is 1.35 bits per heavy atom. The van der Waals surface area contributed by atoms with Crippen molar-refractivity contribution in [3.05, 3.63) is 40.9 Å². The molecule has 0 aromatic carbocycles. The van der Waals surface area contributed by atoms with Gasteiger partial charge in [-0.25, -0.2) is 23.7 Å². The number of H-pyrrole nitrogens is 1. The molecule has 0 radical (unpaired) electrons. The Hall–Kier alpha value is -2.75. The van der Waals surface area contributed by atoms with Gasteiger partial charge in [0.2, 0.25) is 0 Å². The lowest BCUT2D eigenvalue weighted by Gasteiger charge is -2.04. The number of carbonyl (C=O) groups is 1. The SMILES string of the molecule is Cc1[nH]nc(C(F)F)c1NC(=O)c1csc(-c2ncccn2)n1. The summed E-state index contributed by atoms with van der Waals surface area (Å²) in [6.07, 6.45) is 0.333. The van der Waals surface area contributed by atoms with Crippen LogP contribution in [0.5, 0.6) is 0 Å². The number of rotatable bonds is 4. The minimum Gasteiger partial charge on any atom is -0.317 e. The first kappa shape index (κ1) is 15.2. The lowest BCUT2D eigenvalue weighted by atomic mass is 10.3. The lowest BCUT2D eigenvalue weighted by molar-refractivity contribution is 0.102. The van der Waals surface area contributed by atoms with Crippen LogP contribution in [0.3, 0.4) is 0 Å². The van der Waals surface area contributed by atoms with Gasteiger partial charge in [0.25, 0.3) is 12.3 Å². The van der Waals surface area contributed by atoms with Gasteiger partial charge in [-0.1, -0.05) is 0 Å². The average molecular weight is 336 g/mol. The molecule has 0 aliphatic carbocycles. The van der Waals surface area contributed by atoms with E-state index in [2.05, 4.69) is 30.5 Å². The number of amides is 1. The number of hydrogen-bond acceptors (Lipinski definition) is 6. The fraction of sp³-hybridized carbons (Fsp3) is 0.154. The lowest BCUT2D eigenvalue weighted by Crippen LogP contribution is -2.14. The number of thiazole rings is 1. The second-order valence-electron chi connectivity index (χ2n) is 4.47. The van der Waals surface area contributed by atoms with Crippen LogP contribution in [0.15, 0.2) is 23.8 Å². The summed E-state index contributed by atoms with van der Waals surface area (Å²) < 4.78 is 25.7. The number of carbonyl (C=O) groups excluding carboxylic acids is 1. The first-order valence-corrected chi connectivity index (χ1v) is 7.31. The predicted molar refractivity (Wildman–Crippen MR) is 79.4 cm³/mol. The van der Waals surface area contributed by atoms with Crippen LogP contribution in [0.4, 0.5) is 14.5 Å². The van der Waals surface area contributed by atoms with Crippen LogP contribution in [-0.4, -0.2) is 31.1 Å². The Labute approximate surface area is 132 Å². The minimum absolute atomic E-state index is 0.0319. The Balaban J connectivity index is 1.83. The fourth-order valence-corrected chi connectivity index (χ4v) is 2.58. The number of hydrogen-bond donors (Lipinski definition) is 2. The average Bonchev–Trinajstić information content (AvgIpc) is 3.16. The summed E-state index contributed by atoms with van der Waals surface area (Å²) >= 11 is 1.19. The Bertz CT molecular complexity index is 832. The van der Waals surface area contributed by atoms with Crippen LogP contribution in [-0.2, 0) is 0 Å². The number of anilines is 1. The topological polar surface area (TPSA) is 96.5 Å². The molecule has 2 N–H and O–H groups in total. The van der Waals surface area contributed by atoms with E-state index in [4.69, 9.17) is 0 Å². The van der Waals surface area contributed by atoms with Crippen molar-refractivity contribution in [3.63, 3.8) is 0 Å². The van der Waals surface area contributed by atoms with Crippen molar-refractivity contribution in [2.45, 2.75) is 13.3 Å². The van der Waals surface area contributed by atoms with E-state index in [0.717, 1.165) is 0 Å². The second kappa shape index (κ2) is 6.16. The first-order valence-electron chi connectivity index (χ1n) is 6.43. The summed E-state index contributed by atoms with van der Waals surface area (Å²) in [5, 5.41) is 10.3. The molecule has 0 aliphatic rings.